The zero-order valence-corrected chi connectivity index (χ0v) is 18.2. The Balaban J connectivity index is 1.58. The lowest BCUT2D eigenvalue weighted by atomic mass is 10.0. The normalized spacial score (nSPS) is 16.9. The first kappa shape index (κ1) is 21.2. The SMILES string of the molecule is CN(C)C(=O)CN=C(NCCSc1ccccc1)N1CCC(c2cnn(C)c2)C1. The van der Waals surface area contributed by atoms with Crippen molar-refractivity contribution in [2.75, 3.05) is 46.0 Å². The molecule has 1 saturated heterocycles. The molecule has 0 radical (unpaired) electrons. The number of thioether (sulfide) groups is 1. The van der Waals surface area contributed by atoms with E-state index in [1.807, 2.05) is 35.8 Å². The summed E-state index contributed by atoms with van der Waals surface area (Å²) in [6.45, 7) is 2.77. The fraction of sp³-hybridized carbons (Fsp3) is 0.476. The molecule has 1 amide bonds. The molecule has 1 aliphatic heterocycles. The number of carbonyl (C=O) groups is 1. The molecule has 156 valence electrons. The molecular weight excluding hydrogens is 384 g/mol. The van der Waals surface area contributed by atoms with Crippen LogP contribution >= 0.6 is 11.8 Å². The molecule has 0 spiro atoms. The number of carbonyl (C=O) groups excluding carboxylic acids is 1. The summed E-state index contributed by atoms with van der Waals surface area (Å²) in [5.74, 6) is 2.20. The number of rotatable bonds is 7. The molecule has 0 bridgehead atoms. The highest BCUT2D eigenvalue weighted by atomic mass is 32.2. The van der Waals surface area contributed by atoms with Crippen molar-refractivity contribution in [2.45, 2.75) is 17.2 Å². The van der Waals surface area contributed by atoms with Gasteiger partial charge in [0, 0.05) is 63.5 Å². The first-order valence-corrected chi connectivity index (χ1v) is 10.9. The number of hydrogen-bond acceptors (Lipinski definition) is 4. The third-order valence-corrected chi connectivity index (χ3v) is 5.96. The van der Waals surface area contributed by atoms with Gasteiger partial charge in [0.25, 0.3) is 0 Å². The molecule has 1 fully saturated rings. The summed E-state index contributed by atoms with van der Waals surface area (Å²) >= 11 is 1.81. The zero-order valence-electron chi connectivity index (χ0n) is 17.4. The van der Waals surface area contributed by atoms with E-state index < -0.39 is 0 Å². The second kappa shape index (κ2) is 10.3. The second-order valence-electron chi connectivity index (χ2n) is 7.40. The maximum absolute atomic E-state index is 12.0. The molecule has 1 aromatic carbocycles. The average molecular weight is 415 g/mol. The third-order valence-electron chi connectivity index (χ3n) is 4.94. The van der Waals surface area contributed by atoms with Gasteiger partial charge in [-0.25, -0.2) is 4.99 Å². The Morgan fingerprint density at radius 1 is 1.34 bits per heavy atom. The van der Waals surface area contributed by atoms with Crippen LogP contribution in [0.15, 0.2) is 52.6 Å². The van der Waals surface area contributed by atoms with Crippen LogP contribution in [0, 0.1) is 0 Å². The van der Waals surface area contributed by atoms with Crippen molar-refractivity contribution in [1.29, 1.82) is 0 Å². The van der Waals surface area contributed by atoms with Gasteiger partial charge in [-0.05, 0) is 24.1 Å². The topological polar surface area (TPSA) is 65.8 Å². The molecule has 1 N–H and O–H groups in total. The number of aliphatic imine (C=N–C) groups is 1. The van der Waals surface area contributed by atoms with Gasteiger partial charge in [0.15, 0.2) is 5.96 Å². The molecule has 8 heteroatoms. The van der Waals surface area contributed by atoms with Gasteiger partial charge in [0.05, 0.1) is 6.20 Å². The van der Waals surface area contributed by atoms with E-state index in [9.17, 15) is 4.79 Å². The molecule has 0 saturated carbocycles. The lowest BCUT2D eigenvalue weighted by molar-refractivity contribution is -0.127. The predicted molar refractivity (Wildman–Crippen MR) is 118 cm³/mol. The first-order valence-electron chi connectivity index (χ1n) is 9.92. The molecule has 1 atom stereocenters. The number of amides is 1. The Bertz CT molecular complexity index is 820. The van der Waals surface area contributed by atoms with Gasteiger partial charge in [0.2, 0.25) is 5.91 Å². The highest BCUT2D eigenvalue weighted by Crippen LogP contribution is 2.26. The van der Waals surface area contributed by atoms with Crippen molar-refractivity contribution in [3.8, 4) is 0 Å². The van der Waals surface area contributed by atoms with Crippen LogP contribution < -0.4 is 5.32 Å². The molecular formula is C21H30N6OS. The van der Waals surface area contributed by atoms with Gasteiger partial charge in [-0.1, -0.05) is 18.2 Å². The van der Waals surface area contributed by atoms with E-state index in [-0.39, 0.29) is 12.5 Å². The second-order valence-corrected chi connectivity index (χ2v) is 8.56. The largest absolute Gasteiger partial charge is 0.355 e. The minimum Gasteiger partial charge on any atom is -0.355 e. The summed E-state index contributed by atoms with van der Waals surface area (Å²) in [4.78, 5) is 21.7. The predicted octanol–water partition coefficient (Wildman–Crippen LogP) is 2.04. The lowest BCUT2D eigenvalue weighted by Gasteiger charge is -2.22. The number of likely N-dealkylation sites (tertiary alicyclic amines) is 1. The average Bonchev–Trinajstić information content (AvgIpc) is 3.37. The number of nitrogens with zero attached hydrogens (tertiary/aromatic N) is 5. The maximum Gasteiger partial charge on any atom is 0.243 e. The van der Waals surface area contributed by atoms with Gasteiger partial charge in [-0.3, -0.25) is 9.48 Å². The number of guanidine groups is 1. The van der Waals surface area contributed by atoms with Crippen LogP contribution in [0.5, 0.6) is 0 Å². The van der Waals surface area contributed by atoms with Crippen LogP contribution in [0.1, 0.15) is 17.9 Å². The van der Waals surface area contributed by atoms with E-state index >= 15 is 0 Å². The third kappa shape index (κ3) is 6.25. The molecule has 29 heavy (non-hydrogen) atoms. The number of hydrogen-bond donors (Lipinski definition) is 1. The van der Waals surface area contributed by atoms with Gasteiger partial charge in [-0.15, -0.1) is 11.8 Å². The molecule has 1 aromatic heterocycles. The van der Waals surface area contributed by atoms with E-state index in [1.165, 1.54) is 10.5 Å². The fourth-order valence-corrected chi connectivity index (χ4v) is 4.07. The Kier molecular flexibility index (Phi) is 7.57. The van der Waals surface area contributed by atoms with Gasteiger partial charge >= 0.3 is 0 Å². The molecule has 1 unspecified atom stereocenters. The van der Waals surface area contributed by atoms with Crippen molar-refractivity contribution in [1.82, 2.24) is 24.9 Å². The Labute approximate surface area is 177 Å². The van der Waals surface area contributed by atoms with Crippen molar-refractivity contribution < 1.29 is 4.79 Å². The standard InChI is InChI=1S/C21H30N6OS/c1-25(2)20(28)14-23-21(22-10-12-29-19-7-5-4-6-8-19)27-11-9-17(16-27)18-13-24-26(3)15-18/h4-8,13,15,17H,9-12,14,16H2,1-3H3,(H,22,23). The molecule has 2 aromatic rings. The highest BCUT2D eigenvalue weighted by Gasteiger charge is 2.27. The van der Waals surface area contributed by atoms with Gasteiger partial charge in [0.1, 0.15) is 6.54 Å². The number of likely N-dealkylation sites (N-methyl/N-ethyl adjacent to an activating group) is 1. The Morgan fingerprint density at radius 2 is 2.14 bits per heavy atom. The van der Waals surface area contributed by atoms with Crippen molar-refractivity contribution in [2.24, 2.45) is 12.0 Å². The van der Waals surface area contributed by atoms with E-state index in [2.05, 4.69) is 50.8 Å². The maximum atomic E-state index is 12.0. The van der Waals surface area contributed by atoms with Crippen molar-refractivity contribution >= 4 is 23.6 Å². The summed E-state index contributed by atoms with van der Waals surface area (Å²) in [5.41, 5.74) is 1.26. The summed E-state index contributed by atoms with van der Waals surface area (Å²) in [5, 5.41) is 7.77. The summed E-state index contributed by atoms with van der Waals surface area (Å²) in [6.07, 6.45) is 5.10. The lowest BCUT2D eigenvalue weighted by Crippen LogP contribution is -2.41. The number of benzene rings is 1. The van der Waals surface area contributed by atoms with Crippen LogP contribution in [0.25, 0.3) is 0 Å². The summed E-state index contributed by atoms with van der Waals surface area (Å²) in [7, 11) is 5.47. The minimum absolute atomic E-state index is 0.00552. The van der Waals surface area contributed by atoms with Gasteiger partial charge < -0.3 is 15.1 Å². The first-order chi connectivity index (χ1) is 14.0. The number of aromatic nitrogens is 2. The fourth-order valence-electron chi connectivity index (χ4n) is 3.28. The van der Waals surface area contributed by atoms with E-state index in [0.29, 0.717) is 5.92 Å². The van der Waals surface area contributed by atoms with Crippen LogP contribution in [-0.2, 0) is 11.8 Å². The van der Waals surface area contributed by atoms with Gasteiger partial charge in [-0.2, -0.15) is 5.10 Å². The Morgan fingerprint density at radius 3 is 2.83 bits per heavy atom. The summed E-state index contributed by atoms with van der Waals surface area (Å²) in [6, 6.07) is 10.4. The molecule has 0 aliphatic carbocycles. The summed E-state index contributed by atoms with van der Waals surface area (Å²) < 4.78 is 1.85. The van der Waals surface area contributed by atoms with E-state index in [4.69, 9.17) is 0 Å². The van der Waals surface area contributed by atoms with E-state index in [0.717, 1.165) is 37.8 Å². The van der Waals surface area contributed by atoms with Crippen LogP contribution in [-0.4, -0.2) is 77.5 Å². The minimum atomic E-state index is 0.00552. The van der Waals surface area contributed by atoms with Crippen LogP contribution in [0.2, 0.25) is 0 Å². The van der Waals surface area contributed by atoms with Crippen molar-refractivity contribution in [3.63, 3.8) is 0 Å². The quantitative estimate of drug-likeness (QED) is 0.325. The highest BCUT2D eigenvalue weighted by molar-refractivity contribution is 7.99. The molecule has 2 heterocycles. The Hall–Kier alpha value is -2.48. The number of aryl methyl sites for hydroxylation is 1. The smallest absolute Gasteiger partial charge is 0.243 e. The molecule has 7 nitrogen and oxygen atoms in total. The molecule has 3 rings (SSSR count). The van der Waals surface area contributed by atoms with Crippen molar-refractivity contribution in [3.05, 3.63) is 48.3 Å². The zero-order chi connectivity index (χ0) is 20.6. The monoisotopic (exact) mass is 414 g/mol. The van der Waals surface area contributed by atoms with E-state index in [1.54, 1.807) is 19.0 Å². The number of nitrogens with one attached hydrogen (secondary N) is 1. The van der Waals surface area contributed by atoms with Crippen LogP contribution in [0.4, 0.5) is 0 Å². The van der Waals surface area contributed by atoms with Crippen LogP contribution in [0.3, 0.4) is 0 Å². The molecule has 1 aliphatic rings.